The van der Waals surface area contributed by atoms with Crippen molar-refractivity contribution in [1.82, 2.24) is 4.31 Å². The van der Waals surface area contributed by atoms with Crippen LogP contribution in [-0.4, -0.2) is 47.1 Å². The van der Waals surface area contributed by atoms with E-state index in [4.69, 9.17) is 4.42 Å². The number of hydrogen-bond donors (Lipinski definition) is 2. The standard InChI is InChI=1S/C23H23NO6S/c1-15-7-9-18(10-8-15)31(28,29)24-12-11-23(27,21(24)14-22(25)26)16(2)20-13-17-5-3-4-6-19(17)30-20/h3-10,13,21,27H,2,11-12,14H2,1H3,(H,25,26)/t21-,23+/m0/s1. The molecule has 0 radical (unpaired) electrons. The predicted molar refractivity (Wildman–Crippen MR) is 116 cm³/mol. The minimum Gasteiger partial charge on any atom is -0.481 e. The molecule has 7 nitrogen and oxygen atoms in total. The van der Waals surface area contributed by atoms with E-state index < -0.39 is 34.1 Å². The number of aliphatic carboxylic acids is 1. The lowest BCUT2D eigenvalue weighted by Crippen LogP contribution is -2.48. The van der Waals surface area contributed by atoms with Gasteiger partial charge in [-0.15, -0.1) is 0 Å². The van der Waals surface area contributed by atoms with Gasteiger partial charge in [0.15, 0.2) is 0 Å². The van der Waals surface area contributed by atoms with Crippen LogP contribution in [0.1, 0.15) is 24.2 Å². The minimum atomic E-state index is -4.02. The van der Waals surface area contributed by atoms with Gasteiger partial charge in [0, 0.05) is 17.5 Å². The number of aryl methyl sites for hydroxylation is 1. The van der Waals surface area contributed by atoms with Crippen LogP contribution in [-0.2, 0) is 14.8 Å². The van der Waals surface area contributed by atoms with Gasteiger partial charge in [-0.05, 0) is 37.6 Å². The molecule has 0 amide bonds. The summed E-state index contributed by atoms with van der Waals surface area (Å²) in [7, 11) is -4.02. The first kappa shape index (κ1) is 21.3. The first-order valence-electron chi connectivity index (χ1n) is 9.84. The fraction of sp³-hybridized carbons (Fsp3) is 0.261. The number of nitrogens with zero attached hydrogens (tertiary/aromatic N) is 1. The number of carbonyl (C=O) groups is 1. The average Bonchev–Trinajstić information content (AvgIpc) is 3.30. The summed E-state index contributed by atoms with van der Waals surface area (Å²) in [5, 5.41) is 21.8. The Morgan fingerprint density at radius 1 is 1.23 bits per heavy atom. The summed E-state index contributed by atoms with van der Waals surface area (Å²) in [6.07, 6.45) is -0.563. The Morgan fingerprint density at radius 2 is 1.90 bits per heavy atom. The van der Waals surface area contributed by atoms with Crippen LogP contribution in [0.15, 0.2) is 70.5 Å². The van der Waals surface area contributed by atoms with Crippen molar-refractivity contribution in [2.45, 2.75) is 36.3 Å². The quantitative estimate of drug-likeness (QED) is 0.607. The zero-order chi connectivity index (χ0) is 22.4. The summed E-state index contributed by atoms with van der Waals surface area (Å²) in [5.41, 5.74) is -0.128. The Labute approximate surface area is 180 Å². The Bertz CT molecular complexity index is 1230. The molecule has 0 unspecified atom stereocenters. The molecular weight excluding hydrogens is 418 g/mol. The summed E-state index contributed by atoms with van der Waals surface area (Å²) in [4.78, 5) is 11.7. The van der Waals surface area contributed by atoms with Crippen LogP contribution in [0, 0.1) is 6.92 Å². The number of carboxylic acid groups (broad SMARTS) is 1. The summed E-state index contributed by atoms with van der Waals surface area (Å²) in [5.74, 6) is -0.916. The van der Waals surface area contributed by atoms with Crippen molar-refractivity contribution < 1.29 is 27.8 Å². The van der Waals surface area contributed by atoms with Gasteiger partial charge in [-0.25, -0.2) is 8.42 Å². The number of furan rings is 1. The highest BCUT2D eigenvalue weighted by Gasteiger charge is 2.53. The van der Waals surface area contributed by atoms with E-state index >= 15 is 0 Å². The smallest absolute Gasteiger partial charge is 0.305 e. The van der Waals surface area contributed by atoms with Gasteiger partial charge in [0.1, 0.15) is 16.9 Å². The molecule has 3 aromatic rings. The molecule has 162 valence electrons. The van der Waals surface area contributed by atoms with E-state index in [2.05, 4.69) is 6.58 Å². The molecule has 1 saturated heterocycles. The van der Waals surface area contributed by atoms with Crippen LogP contribution in [0.2, 0.25) is 0 Å². The molecule has 0 spiro atoms. The first-order chi connectivity index (χ1) is 14.6. The molecular formula is C23H23NO6S. The molecule has 1 aliphatic heterocycles. The second kappa shape index (κ2) is 7.64. The number of aliphatic hydroxyl groups is 1. The number of para-hydroxylation sites is 1. The van der Waals surface area contributed by atoms with Crippen molar-refractivity contribution >= 4 is 32.5 Å². The highest BCUT2D eigenvalue weighted by molar-refractivity contribution is 7.89. The molecule has 0 bridgehead atoms. The number of rotatable bonds is 6. The van der Waals surface area contributed by atoms with E-state index in [1.165, 1.54) is 12.1 Å². The Kier molecular flexibility index (Phi) is 5.25. The molecule has 2 heterocycles. The van der Waals surface area contributed by atoms with Crippen LogP contribution in [0.5, 0.6) is 0 Å². The maximum Gasteiger partial charge on any atom is 0.305 e. The van der Waals surface area contributed by atoms with Gasteiger partial charge in [-0.1, -0.05) is 42.5 Å². The molecule has 0 aliphatic carbocycles. The lowest BCUT2D eigenvalue weighted by Gasteiger charge is -2.33. The third-order valence-electron chi connectivity index (χ3n) is 5.85. The lowest BCUT2D eigenvalue weighted by molar-refractivity contribution is -0.139. The zero-order valence-corrected chi connectivity index (χ0v) is 17.8. The Balaban J connectivity index is 1.74. The summed E-state index contributed by atoms with van der Waals surface area (Å²) >= 11 is 0. The first-order valence-corrected chi connectivity index (χ1v) is 11.3. The van der Waals surface area contributed by atoms with Crippen molar-refractivity contribution in [3.63, 3.8) is 0 Å². The Morgan fingerprint density at radius 3 is 2.55 bits per heavy atom. The molecule has 2 N–H and O–H groups in total. The lowest BCUT2D eigenvalue weighted by atomic mass is 9.84. The van der Waals surface area contributed by atoms with E-state index in [9.17, 15) is 23.4 Å². The van der Waals surface area contributed by atoms with Crippen LogP contribution in [0.4, 0.5) is 0 Å². The van der Waals surface area contributed by atoms with E-state index in [0.717, 1.165) is 15.3 Å². The van der Waals surface area contributed by atoms with Gasteiger partial charge >= 0.3 is 5.97 Å². The minimum absolute atomic E-state index is 0.00587. The van der Waals surface area contributed by atoms with E-state index in [1.54, 1.807) is 24.3 Å². The van der Waals surface area contributed by atoms with Crippen LogP contribution >= 0.6 is 0 Å². The monoisotopic (exact) mass is 441 g/mol. The van der Waals surface area contributed by atoms with Crippen molar-refractivity contribution in [2.75, 3.05) is 6.54 Å². The third-order valence-corrected chi connectivity index (χ3v) is 7.78. The highest BCUT2D eigenvalue weighted by Crippen LogP contribution is 2.43. The van der Waals surface area contributed by atoms with Gasteiger partial charge in [0.05, 0.1) is 17.4 Å². The second-order valence-electron chi connectivity index (χ2n) is 7.84. The molecule has 8 heteroatoms. The largest absolute Gasteiger partial charge is 0.481 e. The van der Waals surface area contributed by atoms with Crippen molar-refractivity contribution in [3.8, 4) is 0 Å². The SMILES string of the molecule is C=C(c1cc2ccccc2o1)[C@]1(O)CCN(S(=O)(=O)c2ccc(C)cc2)[C@H]1CC(=O)O. The van der Waals surface area contributed by atoms with Gasteiger partial charge in [-0.2, -0.15) is 4.31 Å². The van der Waals surface area contributed by atoms with E-state index in [1.807, 2.05) is 25.1 Å². The molecule has 31 heavy (non-hydrogen) atoms. The molecule has 4 rings (SSSR count). The Hall–Kier alpha value is -2.94. The summed E-state index contributed by atoms with van der Waals surface area (Å²) in [6, 6.07) is 14.1. The van der Waals surface area contributed by atoms with Crippen molar-refractivity contribution in [2.24, 2.45) is 0 Å². The van der Waals surface area contributed by atoms with E-state index in [0.29, 0.717) is 11.3 Å². The maximum atomic E-state index is 13.3. The molecule has 1 aromatic heterocycles. The fourth-order valence-corrected chi connectivity index (χ4v) is 5.77. The highest BCUT2D eigenvalue weighted by atomic mass is 32.2. The number of fused-ring (bicyclic) bond motifs is 1. The number of hydrogen-bond acceptors (Lipinski definition) is 5. The van der Waals surface area contributed by atoms with Gasteiger partial charge < -0.3 is 14.6 Å². The van der Waals surface area contributed by atoms with Gasteiger partial charge in [-0.3, -0.25) is 4.79 Å². The maximum absolute atomic E-state index is 13.3. The topological polar surface area (TPSA) is 108 Å². The van der Waals surface area contributed by atoms with Crippen LogP contribution < -0.4 is 0 Å². The molecule has 1 aliphatic rings. The van der Waals surface area contributed by atoms with E-state index in [-0.39, 0.29) is 23.4 Å². The average molecular weight is 442 g/mol. The van der Waals surface area contributed by atoms with Gasteiger partial charge in [0.25, 0.3) is 0 Å². The third kappa shape index (κ3) is 3.67. The summed E-state index contributed by atoms with van der Waals surface area (Å²) in [6.45, 7) is 5.78. The normalized spacial score (nSPS) is 22.1. The number of sulfonamides is 1. The predicted octanol–water partition coefficient (Wildman–Crippen LogP) is 3.42. The number of benzene rings is 2. The number of carboxylic acids is 1. The van der Waals surface area contributed by atoms with Crippen molar-refractivity contribution in [3.05, 3.63) is 72.5 Å². The molecule has 0 saturated carbocycles. The second-order valence-corrected chi connectivity index (χ2v) is 9.73. The van der Waals surface area contributed by atoms with Crippen LogP contribution in [0.25, 0.3) is 16.5 Å². The molecule has 2 aromatic carbocycles. The van der Waals surface area contributed by atoms with Crippen LogP contribution in [0.3, 0.4) is 0 Å². The summed E-state index contributed by atoms with van der Waals surface area (Å²) < 4.78 is 33.5. The fourth-order valence-electron chi connectivity index (χ4n) is 4.11. The van der Waals surface area contributed by atoms with Crippen molar-refractivity contribution in [1.29, 1.82) is 0 Å². The molecule has 1 fully saturated rings. The molecule has 2 atom stereocenters. The van der Waals surface area contributed by atoms with Gasteiger partial charge in [0.2, 0.25) is 10.0 Å². The zero-order valence-electron chi connectivity index (χ0n) is 17.0.